The van der Waals surface area contributed by atoms with Crippen LogP contribution in [0.25, 0.3) is 0 Å². The molecule has 1 aromatic carbocycles. The molecule has 1 aliphatic rings. The number of hydrogen-bond acceptors (Lipinski definition) is 3. The van der Waals surface area contributed by atoms with E-state index < -0.39 is 0 Å². The van der Waals surface area contributed by atoms with Gasteiger partial charge in [0.25, 0.3) is 0 Å². The third kappa shape index (κ3) is 4.35. The molecule has 110 valence electrons. The van der Waals surface area contributed by atoms with Gasteiger partial charge in [-0.15, -0.1) is 0 Å². The minimum Gasteiger partial charge on any atom is -0.383 e. The lowest BCUT2D eigenvalue weighted by atomic mass is 10.2. The summed E-state index contributed by atoms with van der Waals surface area (Å²) in [5, 5.41) is 7.01. The van der Waals surface area contributed by atoms with Gasteiger partial charge in [-0.25, -0.2) is 0 Å². The van der Waals surface area contributed by atoms with Crippen LogP contribution in [0.5, 0.6) is 0 Å². The Balaban J connectivity index is 1.85. The van der Waals surface area contributed by atoms with Gasteiger partial charge in [0.1, 0.15) is 0 Å². The van der Waals surface area contributed by atoms with Crippen molar-refractivity contribution in [2.75, 3.05) is 37.0 Å². The average molecular weight is 293 g/mol. The summed E-state index contributed by atoms with van der Waals surface area (Å²) in [6.07, 6.45) is 2.59. The molecule has 0 spiro atoms. The van der Waals surface area contributed by atoms with Crippen LogP contribution in [0.1, 0.15) is 19.8 Å². The molecule has 1 unspecified atom stereocenters. The van der Waals surface area contributed by atoms with Gasteiger partial charge in [-0.3, -0.25) is 0 Å². The standard InChI is InChI=1S/C15H23N3OS/c1-12(11-19-2)16-15(20)17-13-5-7-14(8-6-13)18-9-3-4-10-18/h5-8,12H,3-4,9-11H2,1-2H3,(H2,16,17,20). The molecule has 0 amide bonds. The fourth-order valence-electron chi connectivity index (χ4n) is 2.41. The van der Waals surface area contributed by atoms with E-state index in [2.05, 4.69) is 39.8 Å². The number of nitrogens with zero attached hydrogens (tertiary/aromatic N) is 1. The maximum atomic E-state index is 5.28. The number of benzene rings is 1. The Kier molecular flexibility index (Phi) is 5.61. The molecule has 1 atom stereocenters. The molecule has 5 heteroatoms. The molecular weight excluding hydrogens is 270 g/mol. The zero-order chi connectivity index (χ0) is 14.4. The number of rotatable bonds is 5. The van der Waals surface area contributed by atoms with Gasteiger partial charge < -0.3 is 20.3 Å². The van der Waals surface area contributed by atoms with Crippen LogP contribution in [0, 0.1) is 0 Å². The number of ether oxygens (including phenoxy) is 1. The summed E-state index contributed by atoms with van der Waals surface area (Å²) in [7, 11) is 1.69. The first kappa shape index (κ1) is 15.1. The number of nitrogens with one attached hydrogen (secondary N) is 2. The summed E-state index contributed by atoms with van der Waals surface area (Å²) in [5.74, 6) is 0. The second kappa shape index (κ2) is 7.45. The average Bonchev–Trinajstić information content (AvgIpc) is 2.93. The molecule has 1 saturated heterocycles. The lowest BCUT2D eigenvalue weighted by Gasteiger charge is -2.19. The van der Waals surface area contributed by atoms with Crippen molar-refractivity contribution in [2.45, 2.75) is 25.8 Å². The quantitative estimate of drug-likeness (QED) is 0.816. The van der Waals surface area contributed by atoms with Crippen molar-refractivity contribution in [3.05, 3.63) is 24.3 Å². The normalized spacial score (nSPS) is 16.0. The van der Waals surface area contributed by atoms with Gasteiger partial charge in [0, 0.05) is 37.6 Å². The molecule has 20 heavy (non-hydrogen) atoms. The van der Waals surface area contributed by atoms with E-state index in [1.807, 2.05) is 6.92 Å². The smallest absolute Gasteiger partial charge is 0.171 e. The van der Waals surface area contributed by atoms with Crippen LogP contribution in [0.15, 0.2) is 24.3 Å². The van der Waals surface area contributed by atoms with Crippen LogP contribution in [-0.4, -0.2) is 38.0 Å². The molecule has 0 bridgehead atoms. The Morgan fingerprint density at radius 1 is 1.30 bits per heavy atom. The van der Waals surface area contributed by atoms with Gasteiger partial charge >= 0.3 is 0 Å². The summed E-state index contributed by atoms with van der Waals surface area (Å²) >= 11 is 5.28. The second-order valence-electron chi connectivity index (χ2n) is 5.20. The van der Waals surface area contributed by atoms with Gasteiger partial charge in [-0.05, 0) is 56.2 Å². The van der Waals surface area contributed by atoms with E-state index in [9.17, 15) is 0 Å². The van der Waals surface area contributed by atoms with Crippen molar-refractivity contribution in [3.63, 3.8) is 0 Å². The fourth-order valence-corrected chi connectivity index (χ4v) is 2.73. The molecule has 0 aromatic heterocycles. The topological polar surface area (TPSA) is 36.5 Å². The Hall–Kier alpha value is -1.33. The van der Waals surface area contributed by atoms with Crippen molar-refractivity contribution in [1.29, 1.82) is 0 Å². The predicted octanol–water partition coefficient (Wildman–Crippen LogP) is 2.61. The molecule has 2 rings (SSSR count). The van der Waals surface area contributed by atoms with Gasteiger partial charge in [0.05, 0.1) is 6.61 Å². The Morgan fingerprint density at radius 2 is 1.95 bits per heavy atom. The van der Waals surface area contributed by atoms with E-state index in [4.69, 9.17) is 17.0 Å². The van der Waals surface area contributed by atoms with Crippen LogP contribution in [0.4, 0.5) is 11.4 Å². The maximum absolute atomic E-state index is 5.28. The van der Waals surface area contributed by atoms with Gasteiger partial charge in [-0.1, -0.05) is 0 Å². The Bertz CT molecular complexity index is 429. The first-order chi connectivity index (χ1) is 9.69. The molecule has 0 aliphatic carbocycles. The SMILES string of the molecule is COCC(C)NC(=S)Nc1ccc(N2CCCC2)cc1. The molecule has 1 aliphatic heterocycles. The van der Waals surface area contributed by atoms with E-state index >= 15 is 0 Å². The Morgan fingerprint density at radius 3 is 2.55 bits per heavy atom. The van der Waals surface area contributed by atoms with Crippen LogP contribution in [0.2, 0.25) is 0 Å². The van der Waals surface area contributed by atoms with E-state index in [-0.39, 0.29) is 6.04 Å². The van der Waals surface area contributed by atoms with Crippen molar-refractivity contribution >= 4 is 28.7 Å². The van der Waals surface area contributed by atoms with Gasteiger partial charge in [0.2, 0.25) is 0 Å². The largest absolute Gasteiger partial charge is 0.383 e. The molecular formula is C15H23N3OS. The first-order valence-corrected chi connectivity index (χ1v) is 7.51. The lowest BCUT2D eigenvalue weighted by molar-refractivity contribution is 0.179. The van der Waals surface area contributed by atoms with Gasteiger partial charge in [0.15, 0.2) is 5.11 Å². The summed E-state index contributed by atoms with van der Waals surface area (Å²) in [6.45, 7) is 5.01. The zero-order valence-electron chi connectivity index (χ0n) is 12.2. The van der Waals surface area contributed by atoms with Crippen molar-refractivity contribution in [3.8, 4) is 0 Å². The second-order valence-corrected chi connectivity index (χ2v) is 5.60. The minimum absolute atomic E-state index is 0.198. The highest BCUT2D eigenvalue weighted by atomic mass is 32.1. The summed E-state index contributed by atoms with van der Waals surface area (Å²) in [6, 6.07) is 8.64. The molecule has 4 nitrogen and oxygen atoms in total. The van der Waals surface area contributed by atoms with E-state index in [1.54, 1.807) is 7.11 Å². The van der Waals surface area contributed by atoms with Crippen LogP contribution in [0.3, 0.4) is 0 Å². The van der Waals surface area contributed by atoms with E-state index in [0.29, 0.717) is 11.7 Å². The number of anilines is 2. The molecule has 0 saturated carbocycles. The van der Waals surface area contributed by atoms with E-state index in [1.165, 1.54) is 31.6 Å². The Labute approximate surface area is 126 Å². The summed E-state index contributed by atoms with van der Waals surface area (Å²) in [4.78, 5) is 2.42. The molecule has 1 heterocycles. The highest BCUT2D eigenvalue weighted by molar-refractivity contribution is 7.80. The number of hydrogen-bond donors (Lipinski definition) is 2. The molecule has 1 aromatic rings. The van der Waals surface area contributed by atoms with Gasteiger partial charge in [-0.2, -0.15) is 0 Å². The molecule has 0 radical (unpaired) electrons. The fraction of sp³-hybridized carbons (Fsp3) is 0.533. The highest BCUT2D eigenvalue weighted by Gasteiger charge is 2.11. The highest BCUT2D eigenvalue weighted by Crippen LogP contribution is 2.21. The third-order valence-electron chi connectivity index (χ3n) is 3.39. The number of methoxy groups -OCH3 is 1. The minimum atomic E-state index is 0.198. The van der Waals surface area contributed by atoms with Crippen molar-refractivity contribution in [1.82, 2.24) is 5.32 Å². The van der Waals surface area contributed by atoms with E-state index in [0.717, 1.165) is 5.69 Å². The number of thiocarbonyl (C=S) groups is 1. The summed E-state index contributed by atoms with van der Waals surface area (Å²) in [5.41, 5.74) is 2.30. The van der Waals surface area contributed by atoms with Crippen LogP contribution in [-0.2, 0) is 4.74 Å². The third-order valence-corrected chi connectivity index (χ3v) is 3.61. The van der Waals surface area contributed by atoms with Crippen molar-refractivity contribution in [2.24, 2.45) is 0 Å². The lowest BCUT2D eigenvalue weighted by Crippen LogP contribution is -2.38. The summed E-state index contributed by atoms with van der Waals surface area (Å²) < 4.78 is 5.07. The molecule has 1 fully saturated rings. The predicted molar refractivity (Wildman–Crippen MR) is 88.6 cm³/mol. The zero-order valence-corrected chi connectivity index (χ0v) is 13.0. The van der Waals surface area contributed by atoms with Crippen LogP contribution < -0.4 is 15.5 Å². The van der Waals surface area contributed by atoms with Crippen molar-refractivity contribution < 1.29 is 4.74 Å². The van der Waals surface area contributed by atoms with Crippen LogP contribution >= 0.6 is 12.2 Å². The maximum Gasteiger partial charge on any atom is 0.171 e. The molecule has 2 N–H and O–H groups in total. The monoisotopic (exact) mass is 293 g/mol. The first-order valence-electron chi connectivity index (χ1n) is 7.10.